The molecule has 114 heavy (non-hydrogen) atoms. The largest absolute Gasteiger partial charge is 0.478 e. The van der Waals surface area contributed by atoms with Crippen LogP contribution in [0.15, 0.2) is 255 Å². The number of fused-ring (bicyclic) bond motifs is 6. The van der Waals surface area contributed by atoms with Crippen LogP contribution < -0.4 is 0 Å². The summed E-state index contributed by atoms with van der Waals surface area (Å²) in [4.78, 5) is 53.3. The van der Waals surface area contributed by atoms with Crippen LogP contribution in [0.2, 0.25) is 0 Å². The molecule has 6 aromatic heterocycles. The summed E-state index contributed by atoms with van der Waals surface area (Å²) in [6, 6.07) is 87.2. The van der Waals surface area contributed by atoms with E-state index in [9.17, 15) is 14.7 Å². The first-order valence-corrected chi connectivity index (χ1v) is 40.3. The molecule has 15 nitrogen and oxygen atoms in total. The number of aromatic carboxylic acids is 1. The Morgan fingerprint density at radius 3 is 1.03 bits per heavy atom. The summed E-state index contributed by atoms with van der Waals surface area (Å²) in [5.41, 5.74) is 30.4. The van der Waals surface area contributed by atoms with E-state index in [1.54, 1.807) is 12.1 Å². The van der Waals surface area contributed by atoms with Crippen molar-refractivity contribution in [1.29, 1.82) is 0 Å². The Kier molecular flexibility index (Phi) is 21.5. The number of rotatable bonds is 20. The zero-order valence-electron chi connectivity index (χ0n) is 65.7. The molecule has 0 bridgehead atoms. The summed E-state index contributed by atoms with van der Waals surface area (Å²) in [5, 5.41) is 9.60. The Hall–Kier alpha value is -12.7. The number of benzene rings is 12. The molecule has 0 aliphatic rings. The minimum Gasteiger partial charge on any atom is -0.478 e. The number of hydrogen-bond donors (Lipinski definition) is 1. The van der Waals surface area contributed by atoms with Crippen molar-refractivity contribution >= 4 is 101 Å². The summed E-state index contributed by atoms with van der Waals surface area (Å²) in [5.74, 6) is 5.27. The molecule has 16 heteroatoms. The summed E-state index contributed by atoms with van der Waals surface area (Å²) in [6.07, 6.45) is 6.77. The Morgan fingerprint density at radius 2 is 0.675 bits per heavy atom. The van der Waals surface area contributed by atoms with Gasteiger partial charge in [-0.3, -0.25) is 4.79 Å². The number of nitrogens with zero attached hydrogens (tertiary/aromatic N) is 12. The molecule has 0 atom stereocenters. The highest BCUT2D eigenvalue weighted by molar-refractivity contribution is 14.1. The van der Waals surface area contributed by atoms with Gasteiger partial charge in [0.1, 0.15) is 34.9 Å². The average Bonchev–Trinajstić information content (AvgIpc) is 1.61. The number of carboxylic acids is 1. The molecule has 1 N–H and O–H groups in total. The fraction of sp³-hybridized carbons (Fsp3) is 0.184. The number of halogens is 1. The number of carbonyl (C=O) groups is 2. The van der Waals surface area contributed by atoms with Crippen LogP contribution in [0.25, 0.3) is 134 Å². The third-order valence-electron chi connectivity index (χ3n) is 21.9. The lowest BCUT2D eigenvalue weighted by atomic mass is 9.98. The smallest absolute Gasteiger partial charge is 0.336 e. The normalized spacial score (nSPS) is 11.5. The maximum Gasteiger partial charge on any atom is 0.336 e. The van der Waals surface area contributed by atoms with Gasteiger partial charge in [0.05, 0.1) is 71.8 Å². The quantitative estimate of drug-likeness (QED) is 0.0578. The molecule has 0 radical (unpaired) electrons. The van der Waals surface area contributed by atoms with Gasteiger partial charge in [-0.2, -0.15) is 0 Å². The minimum absolute atomic E-state index is 0.307. The number of carbonyl (C=O) groups excluding carboxylic acids is 1. The van der Waals surface area contributed by atoms with Crippen molar-refractivity contribution in [2.24, 2.45) is 21.1 Å². The van der Waals surface area contributed by atoms with Gasteiger partial charge in [-0.15, -0.1) is 0 Å². The van der Waals surface area contributed by atoms with Gasteiger partial charge in [-0.25, -0.2) is 34.7 Å². The lowest BCUT2D eigenvalue weighted by Crippen LogP contribution is -2.05. The van der Waals surface area contributed by atoms with Crippen LogP contribution in [0.4, 0.5) is 0 Å². The van der Waals surface area contributed by atoms with Crippen molar-refractivity contribution in [1.82, 2.24) is 57.3 Å². The van der Waals surface area contributed by atoms with Crippen LogP contribution in [0.1, 0.15) is 112 Å². The van der Waals surface area contributed by atoms with E-state index in [-0.39, 0.29) is 0 Å². The molecule has 12 aromatic carbocycles. The number of aromatic nitrogens is 12. The Morgan fingerprint density at radius 1 is 0.360 bits per heavy atom. The van der Waals surface area contributed by atoms with E-state index in [2.05, 4.69) is 276 Å². The summed E-state index contributed by atoms with van der Waals surface area (Å²) in [7, 11) is 6.24. The van der Waals surface area contributed by atoms with Gasteiger partial charge in [0, 0.05) is 85.9 Å². The number of para-hydroxylation sites is 6. The first-order valence-electron chi connectivity index (χ1n) is 39.2. The van der Waals surface area contributed by atoms with E-state index < -0.39 is 5.97 Å². The van der Waals surface area contributed by atoms with Crippen molar-refractivity contribution < 1.29 is 14.7 Å². The Bertz CT molecular complexity index is 6650. The van der Waals surface area contributed by atoms with Crippen molar-refractivity contribution in [2.45, 2.75) is 99.7 Å². The maximum absolute atomic E-state index is 11.7. The third-order valence-corrected chi connectivity index (χ3v) is 22.8. The first kappa shape index (κ1) is 75.4. The van der Waals surface area contributed by atoms with Gasteiger partial charge in [0.2, 0.25) is 0 Å². The highest BCUT2D eigenvalue weighted by Gasteiger charge is 2.23. The molecule has 0 aliphatic carbocycles. The van der Waals surface area contributed by atoms with E-state index >= 15 is 0 Å². The van der Waals surface area contributed by atoms with E-state index in [4.69, 9.17) is 29.9 Å². The molecule has 18 rings (SSSR count). The standard InChI is InChI=1S/C33H30N4O2.C33H30N4O.C32H29IN4/c1-4-9-30-35-31-21(2)18-24(32-34-27-12-7-8-13-28(27)36(32)3)19-29(31)37(30)20-22-14-16-23(17-15-22)25-10-5-6-11-26(25)33(38)39;1-4-9-31-35-32-22(2)18-26(33-34-28-12-7-8-13-29(28)36(33)3)19-30(32)37(31)20-23-14-16-24(17-15-23)27-11-6-5-10-25(27)21-38;1-4-9-30-35-31-21(2)18-24(32-34-27-12-7-8-13-28(27)36(32)3)19-29(31)37(30)20-22-14-16-23(17-15-22)25-10-5-6-11-26(25)33/h5-8,10-19H,4,9,20H2,1-3H3,(H,38,39);5-8,10-19,21H,4,9,20H2,1-3H3;5-8,10-19H,4,9,20H2,1-3H3. The average molecular weight is 1610 g/mol. The third kappa shape index (κ3) is 14.8. The van der Waals surface area contributed by atoms with Crippen molar-refractivity contribution in [3.05, 3.63) is 320 Å². The molecular weight excluding hydrogens is 1520 g/mol. The van der Waals surface area contributed by atoms with Crippen LogP contribution in [-0.2, 0) is 60.0 Å². The topological polar surface area (TPSA) is 161 Å². The molecule has 0 aliphatic heterocycles. The molecule has 566 valence electrons. The molecule has 6 heterocycles. The maximum atomic E-state index is 11.7. The van der Waals surface area contributed by atoms with Crippen LogP contribution in [0, 0.1) is 24.3 Å². The van der Waals surface area contributed by atoms with Crippen LogP contribution >= 0.6 is 22.6 Å². The number of imidazole rings is 6. The summed E-state index contributed by atoms with van der Waals surface area (Å²) in [6.45, 7) is 15.2. The van der Waals surface area contributed by atoms with E-state index in [0.29, 0.717) is 17.7 Å². The fourth-order valence-corrected chi connectivity index (χ4v) is 16.8. The minimum atomic E-state index is -0.921. The Balaban J connectivity index is 0.000000129. The van der Waals surface area contributed by atoms with Crippen LogP contribution in [-0.4, -0.2) is 74.7 Å². The van der Waals surface area contributed by atoms with Gasteiger partial charge in [-0.1, -0.05) is 191 Å². The van der Waals surface area contributed by atoms with Crippen LogP contribution in [0.3, 0.4) is 0 Å². The SMILES string of the molecule is CCCc1nc2c(C)cc(-c3nc4ccccc4n3C)cc2n1Cc1ccc(-c2ccccc2C(=O)O)cc1.CCCc1nc2c(C)cc(-c3nc4ccccc4n3C)cc2n1Cc1ccc(-c2ccccc2C=O)cc1.CCCc1nc2c(C)cc(-c3nc4ccccc4n3C)cc2n1Cc1ccc(-c2ccccc2I)cc1. The molecule has 18 aromatic rings. The predicted octanol–water partition coefficient (Wildman–Crippen LogP) is 22.8. The van der Waals surface area contributed by atoms with E-state index in [1.807, 2.05) is 78.9 Å². The van der Waals surface area contributed by atoms with E-state index in [0.717, 1.165) is 209 Å². The number of aldehydes is 1. The molecule has 0 spiro atoms. The predicted molar refractivity (Wildman–Crippen MR) is 473 cm³/mol. The van der Waals surface area contributed by atoms with Gasteiger partial charge in [0.15, 0.2) is 6.29 Å². The zero-order valence-corrected chi connectivity index (χ0v) is 67.9. The lowest BCUT2D eigenvalue weighted by Gasteiger charge is -2.12. The number of aryl methyl sites for hydroxylation is 9. The van der Waals surface area contributed by atoms with Gasteiger partial charge >= 0.3 is 5.97 Å². The molecule has 0 unspecified atom stereocenters. The van der Waals surface area contributed by atoms with E-state index in [1.165, 1.54) is 36.9 Å². The second-order valence-corrected chi connectivity index (χ2v) is 30.8. The fourth-order valence-electron chi connectivity index (χ4n) is 16.1. The summed E-state index contributed by atoms with van der Waals surface area (Å²) >= 11 is 2.41. The second-order valence-electron chi connectivity index (χ2n) is 29.7. The van der Waals surface area contributed by atoms with Crippen molar-refractivity contribution in [2.75, 3.05) is 0 Å². The van der Waals surface area contributed by atoms with Crippen LogP contribution in [0.5, 0.6) is 0 Å². The number of hydrogen-bond acceptors (Lipinski definition) is 8. The highest BCUT2D eigenvalue weighted by atomic mass is 127. The van der Waals surface area contributed by atoms with Crippen molar-refractivity contribution in [3.63, 3.8) is 0 Å². The van der Waals surface area contributed by atoms with Crippen molar-refractivity contribution in [3.8, 4) is 67.5 Å². The second kappa shape index (κ2) is 32.6. The zero-order chi connectivity index (χ0) is 78.8. The first-order chi connectivity index (χ1) is 55.5. The molecule has 0 saturated carbocycles. The molecule has 0 fully saturated rings. The van der Waals surface area contributed by atoms with Gasteiger partial charge in [-0.05, 0) is 214 Å². The lowest BCUT2D eigenvalue weighted by molar-refractivity contribution is 0.0697. The molecule has 0 amide bonds. The van der Waals surface area contributed by atoms with Gasteiger partial charge < -0.3 is 32.5 Å². The molecular formula is C98H89IN12O3. The number of carboxylic acid groups (broad SMARTS) is 1. The summed E-state index contributed by atoms with van der Waals surface area (Å²) < 4.78 is 14.8. The molecule has 0 saturated heterocycles. The Labute approximate surface area is 677 Å². The van der Waals surface area contributed by atoms with Gasteiger partial charge in [0.25, 0.3) is 0 Å². The highest BCUT2D eigenvalue weighted by Crippen LogP contribution is 2.37. The monoisotopic (exact) mass is 1610 g/mol.